The van der Waals surface area contributed by atoms with Crippen molar-refractivity contribution in [3.05, 3.63) is 103 Å². The third kappa shape index (κ3) is 8.30. The second-order valence-electron chi connectivity index (χ2n) is 11.9. The van der Waals surface area contributed by atoms with Crippen molar-refractivity contribution in [1.82, 2.24) is 15.0 Å². The second kappa shape index (κ2) is 13.7. The van der Waals surface area contributed by atoms with Crippen LogP contribution in [0.2, 0.25) is 0 Å². The van der Waals surface area contributed by atoms with Gasteiger partial charge in [-0.1, -0.05) is 42.5 Å². The Morgan fingerprint density at radius 1 is 1.02 bits per heavy atom. The molecule has 1 fully saturated rings. The van der Waals surface area contributed by atoms with E-state index in [1.54, 1.807) is 35.6 Å². The molecule has 10 heteroatoms. The summed E-state index contributed by atoms with van der Waals surface area (Å²) in [6, 6.07) is 20.9. The van der Waals surface area contributed by atoms with Gasteiger partial charge in [0, 0.05) is 30.4 Å². The Hall–Kier alpha value is -5.09. The topological polar surface area (TPSA) is 119 Å². The lowest BCUT2D eigenvalue weighted by atomic mass is 10.0. The molecule has 2 aromatic carbocycles. The number of rotatable bonds is 10. The Balaban J connectivity index is 1.20. The predicted octanol–water partition coefficient (Wildman–Crippen LogP) is 6.89. The molecule has 10 nitrogen and oxygen atoms in total. The van der Waals surface area contributed by atoms with Gasteiger partial charge in [0.05, 0.1) is 17.7 Å². The van der Waals surface area contributed by atoms with Crippen LogP contribution in [0, 0.1) is 0 Å². The number of benzene rings is 2. The standard InChI is InChI=1S/C35H38N6O4/c1-23(38-33-37-20-18-31(40-33)41-30(22-44-34(41)43)24(2)45-35(3,4)5)26-9-11-27(12-10-26)28-13-15-29(16-14-28)39-32(42)17-8-25-7-6-19-36-21-25/h6-21,23-24,30H,22H2,1-5H3,(H,39,42)(H,37,38,40)/b17-8+/t23-,24+,30+/m0/s1. The maximum atomic E-state index is 12.6. The number of carbonyl (C=O) groups excluding carboxylic acids is 2. The number of nitrogens with zero attached hydrogens (tertiary/aromatic N) is 4. The third-order valence-electron chi connectivity index (χ3n) is 7.23. The van der Waals surface area contributed by atoms with Gasteiger partial charge in [-0.25, -0.2) is 9.78 Å². The zero-order chi connectivity index (χ0) is 32.0. The fourth-order valence-corrected chi connectivity index (χ4v) is 5.05. The lowest BCUT2D eigenvalue weighted by Crippen LogP contribution is -2.45. The first kappa shape index (κ1) is 31.3. The first-order valence-corrected chi connectivity index (χ1v) is 14.9. The maximum Gasteiger partial charge on any atom is 0.416 e. The molecule has 0 spiro atoms. The molecule has 1 saturated heterocycles. The van der Waals surface area contributed by atoms with Gasteiger partial charge in [-0.3, -0.25) is 14.7 Å². The van der Waals surface area contributed by atoms with E-state index in [4.69, 9.17) is 9.47 Å². The number of nitrogens with one attached hydrogen (secondary N) is 2. The molecule has 2 N–H and O–H groups in total. The molecule has 4 aromatic rings. The number of hydrogen-bond donors (Lipinski definition) is 2. The number of cyclic esters (lactones) is 1. The lowest BCUT2D eigenvalue weighted by molar-refractivity contribution is -0.111. The molecule has 0 aliphatic carbocycles. The van der Waals surface area contributed by atoms with Crippen molar-refractivity contribution >= 4 is 35.5 Å². The second-order valence-corrected chi connectivity index (χ2v) is 11.9. The zero-order valence-corrected chi connectivity index (χ0v) is 26.1. The summed E-state index contributed by atoms with van der Waals surface area (Å²) >= 11 is 0. The van der Waals surface area contributed by atoms with Gasteiger partial charge in [-0.05, 0) is 87.2 Å². The summed E-state index contributed by atoms with van der Waals surface area (Å²) in [4.78, 5) is 39.5. The van der Waals surface area contributed by atoms with E-state index in [1.807, 2.05) is 71.0 Å². The van der Waals surface area contributed by atoms with Crippen molar-refractivity contribution in [1.29, 1.82) is 0 Å². The molecule has 2 amide bonds. The number of amides is 2. The van der Waals surface area contributed by atoms with Crippen molar-refractivity contribution in [3.8, 4) is 11.1 Å². The molecular weight excluding hydrogens is 568 g/mol. The van der Waals surface area contributed by atoms with E-state index in [9.17, 15) is 9.59 Å². The first-order chi connectivity index (χ1) is 21.6. The van der Waals surface area contributed by atoms with Crippen LogP contribution in [0.1, 0.15) is 51.8 Å². The normalized spacial score (nSPS) is 16.3. The number of pyridine rings is 1. The first-order valence-electron chi connectivity index (χ1n) is 14.9. The highest BCUT2D eigenvalue weighted by Gasteiger charge is 2.40. The summed E-state index contributed by atoms with van der Waals surface area (Å²) in [5.41, 5.74) is 4.32. The summed E-state index contributed by atoms with van der Waals surface area (Å²) in [5.74, 6) is 0.646. The maximum absolute atomic E-state index is 12.6. The van der Waals surface area contributed by atoms with E-state index in [2.05, 4.69) is 49.9 Å². The zero-order valence-electron chi connectivity index (χ0n) is 26.1. The van der Waals surface area contributed by atoms with E-state index in [1.165, 1.54) is 6.08 Å². The fourth-order valence-electron chi connectivity index (χ4n) is 5.05. The summed E-state index contributed by atoms with van der Waals surface area (Å²) in [6.07, 6.45) is 7.51. The van der Waals surface area contributed by atoms with Crippen molar-refractivity contribution in [2.24, 2.45) is 0 Å². The van der Waals surface area contributed by atoms with Gasteiger partial charge in [0.25, 0.3) is 0 Å². The number of hydrogen-bond acceptors (Lipinski definition) is 8. The Bertz CT molecular complexity index is 1640. The highest BCUT2D eigenvalue weighted by Crippen LogP contribution is 2.28. The smallest absolute Gasteiger partial charge is 0.416 e. The van der Waals surface area contributed by atoms with E-state index in [0.717, 1.165) is 22.3 Å². The SMILES string of the molecule is C[C@H](Nc1nccc(N2C(=O)OC[C@@H]2[C@@H](C)OC(C)(C)C)n1)c1ccc(-c2ccc(NC(=O)/C=C/c3cccnc3)cc2)cc1. The van der Waals surface area contributed by atoms with Crippen LogP contribution >= 0.6 is 0 Å². The van der Waals surface area contributed by atoms with E-state index in [-0.39, 0.29) is 36.3 Å². The molecule has 0 unspecified atom stereocenters. The van der Waals surface area contributed by atoms with Crippen LogP contribution < -0.4 is 15.5 Å². The molecule has 232 valence electrons. The van der Waals surface area contributed by atoms with Gasteiger partial charge in [0.2, 0.25) is 11.9 Å². The minimum Gasteiger partial charge on any atom is -0.447 e. The third-order valence-corrected chi connectivity index (χ3v) is 7.23. The van der Waals surface area contributed by atoms with Gasteiger partial charge < -0.3 is 20.1 Å². The number of ether oxygens (including phenoxy) is 2. The van der Waals surface area contributed by atoms with Crippen molar-refractivity contribution in [3.63, 3.8) is 0 Å². The van der Waals surface area contributed by atoms with Crippen LogP contribution in [0.15, 0.2) is 91.4 Å². The molecular formula is C35H38N6O4. The van der Waals surface area contributed by atoms with Gasteiger partial charge in [-0.15, -0.1) is 0 Å². The minimum atomic E-state index is -0.453. The molecule has 1 aliphatic heterocycles. The van der Waals surface area contributed by atoms with Crippen molar-refractivity contribution < 1.29 is 19.1 Å². The summed E-state index contributed by atoms with van der Waals surface area (Å²) < 4.78 is 11.5. The molecule has 0 radical (unpaired) electrons. The van der Waals surface area contributed by atoms with Gasteiger partial charge in [0.1, 0.15) is 18.5 Å². The van der Waals surface area contributed by atoms with Crippen LogP contribution in [0.3, 0.4) is 0 Å². The van der Waals surface area contributed by atoms with Crippen molar-refractivity contribution in [2.45, 2.75) is 58.4 Å². The summed E-state index contributed by atoms with van der Waals surface area (Å²) in [7, 11) is 0. The Morgan fingerprint density at radius 3 is 2.40 bits per heavy atom. The Morgan fingerprint density at radius 2 is 1.73 bits per heavy atom. The van der Waals surface area contributed by atoms with Crippen LogP contribution in [0.25, 0.3) is 17.2 Å². The average molecular weight is 607 g/mol. The Labute approximate surface area is 263 Å². The summed E-state index contributed by atoms with van der Waals surface area (Å²) in [5, 5.41) is 6.22. The number of carbonyl (C=O) groups is 2. The number of anilines is 3. The lowest BCUT2D eigenvalue weighted by Gasteiger charge is -2.31. The highest BCUT2D eigenvalue weighted by molar-refractivity contribution is 6.02. The van der Waals surface area contributed by atoms with Crippen LogP contribution in [-0.2, 0) is 14.3 Å². The molecule has 1 aliphatic rings. The average Bonchev–Trinajstić information content (AvgIpc) is 3.42. The van der Waals surface area contributed by atoms with E-state index >= 15 is 0 Å². The van der Waals surface area contributed by atoms with E-state index in [0.29, 0.717) is 17.5 Å². The molecule has 5 rings (SSSR count). The van der Waals surface area contributed by atoms with Gasteiger partial charge in [0.15, 0.2) is 0 Å². The molecule has 2 aromatic heterocycles. The quantitative estimate of drug-likeness (QED) is 0.187. The Kier molecular flexibility index (Phi) is 9.53. The highest BCUT2D eigenvalue weighted by atomic mass is 16.6. The molecule has 45 heavy (non-hydrogen) atoms. The molecule has 3 heterocycles. The largest absolute Gasteiger partial charge is 0.447 e. The predicted molar refractivity (Wildman–Crippen MR) is 176 cm³/mol. The van der Waals surface area contributed by atoms with Gasteiger partial charge in [-0.2, -0.15) is 4.98 Å². The minimum absolute atomic E-state index is 0.101. The van der Waals surface area contributed by atoms with Crippen LogP contribution in [0.4, 0.5) is 22.2 Å². The molecule has 0 saturated carbocycles. The monoisotopic (exact) mass is 606 g/mol. The molecule has 0 bridgehead atoms. The van der Waals surface area contributed by atoms with Crippen molar-refractivity contribution in [2.75, 3.05) is 22.1 Å². The van der Waals surface area contributed by atoms with E-state index < -0.39 is 6.09 Å². The number of aromatic nitrogens is 3. The molecule has 3 atom stereocenters. The fraction of sp³-hybridized carbons (Fsp3) is 0.286. The van der Waals surface area contributed by atoms with Crippen LogP contribution in [0.5, 0.6) is 0 Å². The summed E-state index contributed by atoms with van der Waals surface area (Å²) in [6.45, 7) is 10.1. The van der Waals surface area contributed by atoms with Gasteiger partial charge >= 0.3 is 6.09 Å². The van der Waals surface area contributed by atoms with Crippen LogP contribution in [-0.4, -0.2) is 51.3 Å².